The smallest absolute Gasteiger partial charge is 0.131 e. The summed E-state index contributed by atoms with van der Waals surface area (Å²) in [5.41, 5.74) is 0.626. The highest BCUT2D eigenvalue weighted by atomic mass is 16.3. The highest BCUT2D eigenvalue weighted by Gasteiger charge is 2.35. The minimum Gasteiger partial charge on any atom is -0.387 e. The highest BCUT2D eigenvalue weighted by molar-refractivity contribution is 5.08. The average molecular weight is 359 g/mol. The number of aromatic nitrogens is 2. The third kappa shape index (κ3) is 4.62. The van der Waals surface area contributed by atoms with Crippen LogP contribution in [0.25, 0.3) is 0 Å². The van der Waals surface area contributed by atoms with Gasteiger partial charge in [-0.2, -0.15) is 0 Å². The molecule has 3 aliphatic rings. The lowest BCUT2D eigenvalue weighted by Gasteiger charge is -2.41. The molecule has 1 aromatic heterocycles. The zero-order chi connectivity index (χ0) is 17.8. The van der Waals surface area contributed by atoms with Crippen molar-refractivity contribution in [1.29, 1.82) is 0 Å². The SMILES string of the molecule is OC1(CN2CCCC2)CCCN(Cc2cnc(C3CCCCC3)nc2)C1. The van der Waals surface area contributed by atoms with Gasteiger partial charge in [0, 0.05) is 43.5 Å². The van der Waals surface area contributed by atoms with Crippen LogP contribution in [-0.2, 0) is 6.54 Å². The van der Waals surface area contributed by atoms with Crippen molar-refractivity contribution >= 4 is 0 Å². The van der Waals surface area contributed by atoms with E-state index >= 15 is 0 Å². The van der Waals surface area contributed by atoms with Gasteiger partial charge in [-0.1, -0.05) is 19.3 Å². The summed E-state index contributed by atoms with van der Waals surface area (Å²) < 4.78 is 0. The third-order valence-electron chi connectivity index (χ3n) is 6.45. The van der Waals surface area contributed by atoms with Gasteiger partial charge in [0.1, 0.15) is 5.82 Å². The number of nitrogens with zero attached hydrogens (tertiary/aromatic N) is 4. The predicted molar refractivity (Wildman–Crippen MR) is 103 cm³/mol. The van der Waals surface area contributed by atoms with Crippen LogP contribution < -0.4 is 0 Å². The summed E-state index contributed by atoms with van der Waals surface area (Å²) in [6, 6.07) is 0. The van der Waals surface area contributed by atoms with E-state index in [-0.39, 0.29) is 0 Å². The summed E-state index contributed by atoms with van der Waals surface area (Å²) in [7, 11) is 0. The standard InChI is InChI=1S/C21H34N4O/c26-21(16-24-10-4-5-11-24)9-6-12-25(17-21)15-18-13-22-20(23-14-18)19-7-2-1-3-8-19/h13-14,19,26H,1-12,15-17H2. The zero-order valence-corrected chi connectivity index (χ0v) is 16.1. The summed E-state index contributed by atoms with van der Waals surface area (Å²) in [5, 5.41) is 11.1. The van der Waals surface area contributed by atoms with Crippen LogP contribution in [0, 0.1) is 0 Å². The summed E-state index contributed by atoms with van der Waals surface area (Å²) in [6.07, 6.45) is 15.1. The van der Waals surface area contributed by atoms with Crippen LogP contribution in [-0.4, -0.2) is 63.2 Å². The zero-order valence-electron chi connectivity index (χ0n) is 16.1. The van der Waals surface area contributed by atoms with E-state index in [1.54, 1.807) is 0 Å². The number of hydrogen-bond donors (Lipinski definition) is 1. The van der Waals surface area contributed by atoms with E-state index in [9.17, 15) is 5.11 Å². The molecule has 3 heterocycles. The first-order valence-corrected chi connectivity index (χ1v) is 10.7. The number of hydrogen-bond acceptors (Lipinski definition) is 5. The Morgan fingerprint density at radius 3 is 2.35 bits per heavy atom. The number of rotatable bonds is 5. The summed E-state index contributed by atoms with van der Waals surface area (Å²) in [5.74, 6) is 1.61. The molecule has 0 spiro atoms. The summed E-state index contributed by atoms with van der Waals surface area (Å²) in [6.45, 7) is 5.83. The molecule has 1 aliphatic carbocycles. The van der Waals surface area contributed by atoms with E-state index in [4.69, 9.17) is 0 Å². The molecule has 2 aliphatic heterocycles. The van der Waals surface area contributed by atoms with Crippen LogP contribution in [0.15, 0.2) is 12.4 Å². The van der Waals surface area contributed by atoms with Crippen molar-refractivity contribution < 1.29 is 5.11 Å². The van der Waals surface area contributed by atoms with Crippen molar-refractivity contribution in [3.63, 3.8) is 0 Å². The van der Waals surface area contributed by atoms with Gasteiger partial charge in [-0.05, 0) is 58.2 Å². The topological polar surface area (TPSA) is 52.5 Å². The molecule has 3 fully saturated rings. The van der Waals surface area contributed by atoms with Gasteiger partial charge in [-0.25, -0.2) is 9.97 Å². The maximum Gasteiger partial charge on any atom is 0.131 e. The van der Waals surface area contributed by atoms with E-state index in [1.807, 2.05) is 12.4 Å². The molecule has 1 unspecified atom stereocenters. The van der Waals surface area contributed by atoms with Crippen LogP contribution in [0.1, 0.15) is 75.1 Å². The van der Waals surface area contributed by atoms with Crippen molar-refractivity contribution in [2.45, 2.75) is 75.9 Å². The van der Waals surface area contributed by atoms with Gasteiger partial charge in [0.05, 0.1) is 5.60 Å². The maximum absolute atomic E-state index is 11.1. The van der Waals surface area contributed by atoms with Gasteiger partial charge in [0.15, 0.2) is 0 Å². The van der Waals surface area contributed by atoms with Gasteiger partial charge in [-0.3, -0.25) is 4.90 Å². The van der Waals surface area contributed by atoms with E-state index in [0.29, 0.717) is 5.92 Å². The summed E-state index contributed by atoms with van der Waals surface area (Å²) in [4.78, 5) is 14.2. The molecule has 1 saturated carbocycles. The first kappa shape index (κ1) is 18.3. The fraction of sp³-hybridized carbons (Fsp3) is 0.810. The molecule has 2 saturated heterocycles. The molecule has 144 valence electrons. The Kier molecular flexibility index (Phi) is 5.87. The monoisotopic (exact) mass is 358 g/mol. The molecule has 0 radical (unpaired) electrons. The Balaban J connectivity index is 1.32. The largest absolute Gasteiger partial charge is 0.387 e. The quantitative estimate of drug-likeness (QED) is 0.877. The fourth-order valence-corrected chi connectivity index (χ4v) is 5.10. The summed E-state index contributed by atoms with van der Waals surface area (Å²) >= 11 is 0. The Bertz CT molecular complexity index is 566. The van der Waals surface area contributed by atoms with Gasteiger partial charge >= 0.3 is 0 Å². The van der Waals surface area contributed by atoms with E-state index < -0.39 is 5.60 Å². The van der Waals surface area contributed by atoms with Gasteiger partial charge in [0.2, 0.25) is 0 Å². The fourth-order valence-electron chi connectivity index (χ4n) is 5.10. The molecular weight excluding hydrogens is 324 g/mol. The third-order valence-corrected chi connectivity index (χ3v) is 6.45. The Morgan fingerprint density at radius 1 is 0.923 bits per heavy atom. The van der Waals surface area contributed by atoms with Crippen LogP contribution in [0.3, 0.4) is 0 Å². The second-order valence-corrected chi connectivity index (χ2v) is 8.81. The van der Waals surface area contributed by atoms with Crippen molar-refractivity contribution in [3.05, 3.63) is 23.8 Å². The first-order valence-electron chi connectivity index (χ1n) is 10.7. The van der Waals surface area contributed by atoms with Crippen LogP contribution >= 0.6 is 0 Å². The lowest BCUT2D eigenvalue weighted by atomic mass is 9.89. The van der Waals surface area contributed by atoms with E-state index in [1.165, 1.54) is 50.5 Å². The van der Waals surface area contributed by atoms with Crippen molar-refractivity contribution in [3.8, 4) is 0 Å². The number of aliphatic hydroxyl groups is 1. The average Bonchev–Trinajstić information content (AvgIpc) is 3.15. The molecule has 0 aromatic carbocycles. The van der Waals surface area contributed by atoms with Crippen LogP contribution in [0.5, 0.6) is 0 Å². The molecule has 5 heteroatoms. The van der Waals surface area contributed by atoms with Gasteiger partial charge in [0.25, 0.3) is 0 Å². The molecule has 26 heavy (non-hydrogen) atoms. The second kappa shape index (κ2) is 8.32. The van der Waals surface area contributed by atoms with E-state index in [2.05, 4.69) is 19.8 Å². The normalized spacial score (nSPS) is 29.3. The molecule has 5 nitrogen and oxygen atoms in total. The molecule has 4 rings (SSSR count). The Labute approximate surface area is 157 Å². The Morgan fingerprint density at radius 2 is 1.62 bits per heavy atom. The number of likely N-dealkylation sites (tertiary alicyclic amines) is 2. The minimum absolute atomic E-state index is 0.550. The molecule has 0 bridgehead atoms. The molecular formula is C21H34N4O. The van der Waals surface area contributed by atoms with E-state index in [0.717, 1.165) is 57.9 Å². The molecule has 1 atom stereocenters. The maximum atomic E-state index is 11.1. The molecule has 0 amide bonds. The van der Waals surface area contributed by atoms with Crippen molar-refractivity contribution in [2.24, 2.45) is 0 Å². The first-order chi connectivity index (χ1) is 12.7. The predicted octanol–water partition coefficient (Wildman–Crippen LogP) is 2.95. The van der Waals surface area contributed by atoms with Gasteiger partial charge < -0.3 is 10.0 Å². The minimum atomic E-state index is -0.550. The molecule has 1 N–H and O–H groups in total. The van der Waals surface area contributed by atoms with Crippen molar-refractivity contribution in [1.82, 2.24) is 19.8 Å². The second-order valence-electron chi connectivity index (χ2n) is 8.81. The Hall–Kier alpha value is -1.04. The van der Waals surface area contributed by atoms with Crippen LogP contribution in [0.4, 0.5) is 0 Å². The van der Waals surface area contributed by atoms with Crippen LogP contribution in [0.2, 0.25) is 0 Å². The highest BCUT2D eigenvalue weighted by Crippen LogP contribution is 2.30. The van der Waals surface area contributed by atoms with Crippen molar-refractivity contribution in [2.75, 3.05) is 32.7 Å². The number of piperidine rings is 1. The lowest BCUT2D eigenvalue weighted by molar-refractivity contribution is -0.0519. The lowest BCUT2D eigenvalue weighted by Crippen LogP contribution is -2.53. The molecule has 1 aromatic rings. The number of β-amino-alcohol motifs (C(OH)–C–C–N with tert-alkyl or cyclic N) is 1. The van der Waals surface area contributed by atoms with Gasteiger partial charge in [-0.15, -0.1) is 0 Å².